The highest BCUT2D eigenvalue weighted by molar-refractivity contribution is 5.88. The summed E-state index contributed by atoms with van der Waals surface area (Å²) >= 11 is 0. The summed E-state index contributed by atoms with van der Waals surface area (Å²) in [4.78, 5) is 23.5. The summed E-state index contributed by atoms with van der Waals surface area (Å²) in [5, 5.41) is 5.28. The first-order valence-corrected chi connectivity index (χ1v) is 6.64. The van der Waals surface area contributed by atoms with Crippen molar-refractivity contribution in [2.75, 3.05) is 7.05 Å². The van der Waals surface area contributed by atoms with E-state index in [1.54, 1.807) is 14.0 Å². The molecule has 5 unspecified atom stereocenters. The van der Waals surface area contributed by atoms with Gasteiger partial charge < -0.3 is 16.4 Å². The lowest BCUT2D eigenvalue weighted by Gasteiger charge is -2.36. The normalized spacial score (nSPS) is 33.6. The molecule has 0 radical (unpaired) electrons. The van der Waals surface area contributed by atoms with Crippen LogP contribution in [0.5, 0.6) is 0 Å². The van der Waals surface area contributed by atoms with Crippen LogP contribution in [0.3, 0.4) is 0 Å². The van der Waals surface area contributed by atoms with Gasteiger partial charge in [0.15, 0.2) is 0 Å². The number of carbonyl (C=O) groups is 2. The zero-order valence-corrected chi connectivity index (χ0v) is 11.7. The molecule has 0 aliphatic heterocycles. The molecule has 18 heavy (non-hydrogen) atoms. The average Bonchev–Trinajstić information content (AvgIpc) is 2.32. The molecule has 0 aromatic rings. The van der Waals surface area contributed by atoms with Crippen molar-refractivity contribution in [2.24, 2.45) is 23.5 Å². The Labute approximate surface area is 109 Å². The minimum absolute atomic E-state index is 0.0547. The molecule has 1 aliphatic rings. The van der Waals surface area contributed by atoms with Gasteiger partial charge in [-0.25, -0.2) is 0 Å². The van der Waals surface area contributed by atoms with Crippen LogP contribution < -0.4 is 16.4 Å². The standard InChI is InChI=1S/C13H25N3O2/c1-7-5-8(2)11(14)6-10(7)13(18)16-9(3)12(17)15-4/h7-11H,5-6,14H2,1-4H3,(H,15,17)(H,16,18). The lowest BCUT2D eigenvalue weighted by atomic mass is 9.72. The Hall–Kier alpha value is -1.10. The molecule has 0 spiro atoms. The van der Waals surface area contributed by atoms with Crippen LogP contribution >= 0.6 is 0 Å². The van der Waals surface area contributed by atoms with Gasteiger partial charge in [0, 0.05) is 19.0 Å². The molecule has 0 saturated heterocycles. The molecule has 5 nitrogen and oxygen atoms in total. The lowest BCUT2D eigenvalue weighted by Crippen LogP contribution is -2.50. The summed E-state index contributed by atoms with van der Waals surface area (Å²) in [6.45, 7) is 5.90. The van der Waals surface area contributed by atoms with Crippen LogP contribution in [0.4, 0.5) is 0 Å². The van der Waals surface area contributed by atoms with E-state index in [2.05, 4.69) is 24.5 Å². The zero-order valence-electron chi connectivity index (χ0n) is 11.7. The Kier molecular flexibility index (Phi) is 5.14. The number of rotatable bonds is 3. The summed E-state index contributed by atoms with van der Waals surface area (Å²) in [5.74, 6) is 0.464. The van der Waals surface area contributed by atoms with Crippen molar-refractivity contribution in [3.63, 3.8) is 0 Å². The molecule has 1 fully saturated rings. The van der Waals surface area contributed by atoms with E-state index in [1.165, 1.54) is 0 Å². The first-order valence-electron chi connectivity index (χ1n) is 6.64. The summed E-state index contributed by atoms with van der Waals surface area (Å²) in [5.41, 5.74) is 6.03. The van der Waals surface area contributed by atoms with E-state index < -0.39 is 6.04 Å². The van der Waals surface area contributed by atoms with Crippen LogP contribution in [0.2, 0.25) is 0 Å². The fraction of sp³-hybridized carbons (Fsp3) is 0.846. The number of nitrogens with two attached hydrogens (primary N) is 1. The van der Waals surface area contributed by atoms with E-state index >= 15 is 0 Å². The molecular formula is C13H25N3O2. The third kappa shape index (κ3) is 3.45. The van der Waals surface area contributed by atoms with Gasteiger partial charge in [0.2, 0.25) is 11.8 Å². The van der Waals surface area contributed by atoms with E-state index in [0.29, 0.717) is 18.3 Å². The van der Waals surface area contributed by atoms with Crippen molar-refractivity contribution in [3.05, 3.63) is 0 Å². The van der Waals surface area contributed by atoms with Crippen molar-refractivity contribution >= 4 is 11.8 Å². The van der Waals surface area contributed by atoms with Gasteiger partial charge in [-0.15, -0.1) is 0 Å². The maximum Gasteiger partial charge on any atom is 0.242 e. The maximum atomic E-state index is 12.1. The zero-order chi connectivity index (χ0) is 13.9. The molecule has 2 amide bonds. The minimum atomic E-state index is -0.495. The van der Waals surface area contributed by atoms with Gasteiger partial charge in [-0.1, -0.05) is 13.8 Å². The molecule has 1 aliphatic carbocycles. The van der Waals surface area contributed by atoms with E-state index in [-0.39, 0.29) is 23.8 Å². The topological polar surface area (TPSA) is 84.2 Å². The lowest BCUT2D eigenvalue weighted by molar-refractivity contribution is -0.132. The van der Waals surface area contributed by atoms with E-state index in [0.717, 1.165) is 6.42 Å². The Balaban J connectivity index is 2.58. The fourth-order valence-electron chi connectivity index (χ4n) is 2.65. The fourth-order valence-corrected chi connectivity index (χ4v) is 2.65. The SMILES string of the molecule is CNC(=O)C(C)NC(=O)C1CC(N)C(C)CC1C. The molecule has 104 valence electrons. The van der Waals surface area contributed by atoms with Gasteiger partial charge in [0.05, 0.1) is 0 Å². The molecular weight excluding hydrogens is 230 g/mol. The molecule has 0 aromatic carbocycles. The number of carbonyl (C=O) groups excluding carboxylic acids is 2. The number of nitrogens with one attached hydrogen (secondary N) is 2. The highest BCUT2D eigenvalue weighted by Crippen LogP contribution is 2.32. The van der Waals surface area contributed by atoms with E-state index in [1.807, 2.05) is 0 Å². The summed E-state index contributed by atoms with van der Waals surface area (Å²) in [6.07, 6.45) is 1.67. The van der Waals surface area contributed by atoms with Crippen LogP contribution in [0, 0.1) is 17.8 Å². The van der Waals surface area contributed by atoms with Gasteiger partial charge in [-0.3, -0.25) is 9.59 Å². The van der Waals surface area contributed by atoms with Crippen LogP contribution in [-0.4, -0.2) is 30.9 Å². The van der Waals surface area contributed by atoms with Gasteiger partial charge in [-0.05, 0) is 31.6 Å². The Morgan fingerprint density at radius 3 is 2.39 bits per heavy atom. The molecule has 5 atom stereocenters. The predicted molar refractivity (Wildman–Crippen MR) is 70.7 cm³/mol. The Bertz CT molecular complexity index is 319. The highest BCUT2D eigenvalue weighted by Gasteiger charge is 2.35. The molecule has 0 heterocycles. The van der Waals surface area contributed by atoms with E-state index in [4.69, 9.17) is 5.73 Å². The average molecular weight is 255 g/mol. The van der Waals surface area contributed by atoms with Crippen molar-refractivity contribution in [1.29, 1.82) is 0 Å². The second kappa shape index (κ2) is 6.18. The first-order chi connectivity index (χ1) is 8.36. The molecule has 1 saturated carbocycles. The number of likely N-dealkylation sites (N-methyl/N-ethyl adjacent to an activating group) is 1. The van der Waals surface area contributed by atoms with Crippen molar-refractivity contribution in [1.82, 2.24) is 10.6 Å². The molecule has 4 N–H and O–H groups in total. The van der Waals surface area contributed by atoms with Gasteiger partial charge in [-0.2, -0.15) is 0 Å². The van der Waals surface area contributed by atoms with Crippen LogP contribution in [0.1, 0.15) is 33.6 Å². The summed E-state index contributed by atoms with van der Waals surface area (Å²) in [6, 6.07) is -0.419. The van der Waals surface area contributed by atoms with E-state index in [9.17, 15) is 9.59 Å². The first kappa shape index (κ1) is 15.0. The molecule has 1 rings (SSSR count). The predicted octanol–water partition coefficient (Wildman–Crippen LogP) is 0.247. The van der Waals surface area contributed by atoms with Gasteiger partial charge >= 0.3 is 0 Å². The van der Waals surface area contributed by atoms with Crippen LogP contribution in [0.25, 0.3) is 0 Å². The third-order valence-corrected chi connectivity index (χ3v) is 4.02. The van der Waals surface area contributed by atoms with Crippen LogP contribution in [0.15, 0.2) is 0 Å². The largest absolute Gasteiger partial charge is 0.357 e. The van der Waals surface area contributed by atoms with Gasteiger partial charge in [0.1, 0.15) is 6.04 Å². The quantitative estimate of drug-likeness (QED) is 0.675. The van der Waals surface area contributed by atoms with Crippen LogP contribution in [-0.2, 0) is 9.59 Å². The maximum absolute atomic E-state index is 12.1. The Morgan fingerprint density at radius 2 is 1.83 bits per heavy atom. The van der Waals surface area contributed by atoms with Crippen molar-refractivity contribution < 1.29 is 9.59 Å². The Morgan fingerprint density at radius 1 is 1.22 bits per heavy atom. The highest BCUT2D eigenvalue weighted by atomic mass is 16.2. The summed E-state index contributed by atoms with van der Waals surface area (Å²) in [7, 11) is 1.56. The number of hydrogen-bond donors (Lipinski definition) is 3. The molecule has 0 bridgehead atoms. The third-order valence-electron chi connectivity index (χ3n) is 4.02. The van der Waals surface area contributed by atoms with Crippen molar-refractivity contribution in [3.8, 4) is 0 Å². The second-order valence-corrected chi connectivity index (χ2v) is 5.54. The number of hydrogen-bond acceptors (Lipinski definition) is 3. The number of amides is 2. The molecule has 5 heteroatoms. The second-order valence-electron chi connectivity index (χ2n) is 5.54. The molecule has 0 aromatic heterocycles. The summed E-state index contributed by atoms with van der Waals surface area (Å²) < 4.78 is 0. The smallest absolute Gasteiger partial charge is 0.242 e. The van der Waals surface area contributed by atoms with Crippen molar-refractivity contribution in [2.45, 2.75) is 45.7 Å². The van der Waals surface area contributed by atoms with Gasteiger partial charge in [0.25, 0.3) is 0 Å². The monoisotopic (exact) mass is 255 g/mol. The minimum Gasteiger partial charge on any atom is -0.357 e.